The second-order valence-electron chi connectivity index (χ2n) is 4.07. The fraction of sp³-hybridized carbons (Fsp3) is 0.455. The van der Waals surface area contributed by atoms with Gasteiger partial charge in [-0.3, -0.25) is 0 Å². The molecule has 0 spiro atoms. The molecule has 2 rings (SSSR count). The molecule has 0 aliphatic rings. The Kier molecular flexibility index (Phi) is 2.94. The van der Waals surface area contributed by atoms with Crippen LogP contribution in [0.15, 0.2) is 18.6 Å². The molecule has 5 heteroatoms. The molecule has 0 saturated carbocycles. The molecule has 2 aromatic heterocycles. The Hall–Kier alpha value is -1.78. The first-order valence-corrected chi connectivity index (χ1v) is 5.53. The molecule has 5 nitrogen and oxygen atoms in total. The van der Waals surface area contributed by atoms with Crippen molar-refractivity contribution in [1.82, 2.24) is 14.4 Å². The van der Waals surface area contributed by atoms with Gasteiger partial charge >= 0.3 is 0 Å². The van der Waals surface area contributed by atoms with Crippen molar-refractivity contribution in [3.63, 3.8) is 0 Å². The summed E-state index contributed by atoms with van der Waals surface area (Å²) in [7, 11) is 0. The van der Waals surface area contributed by atoms with Crippen molar-refractivity contribution < 1.29 is 0 Å². The number of rotatable bonds is 4. The van der Waals surface area contributed by atoms with Crippen LogP contribution < -0.4 is 11.1 Å². The van der Waals surface area contributed by atoms with E-state index in [4.69, 9.17) is 5.73 Å². The minimum atomic E-state index is 0.497. The summed E-state index contributed by atoms with van der Waals surface area (Å²) in [5, 5.41) is 3.29. The second-order valence-corrected chi connectivity index (χ2v) is 4.07. The summed E-state index contributed by atoms with van der Waals surface area (Å²) in [5.41, 5.74) is 6.54. The number of hydrogen-bond acceptors (Lipinski definition) is 4. The molecule has 0 aromatic carbocycles. The van der Waals surface area contributed by atoms with Gasteiger partial charge in [0, 0.05) is 18.9 Å². The zero-order valence-corrected chi connectivity index (χ0v) is 9.64. The Bertz CT molecular complexity index is 476. The van der Waals surface area contributed by atoms with Crippen molar-refractivity contribution in [3.8, 4) is 0 Å². The van der Waals surface area contributed by atoms with Crippen LogP contribution in [0.25, 0.3) is 5.65 Å². The highest BCUT2D eigenvalue weighted by Crippen LogP contribution is 2.15. The first-order chi connectivity index (χ1) is 7.70. The monoisotopic (exact) mass is 219 g/mol. The molecular formula is C11H17N5. The first kappa shape index (κ1) is 10.7. The molecule has 0 bridgehead atoms. The highest BCUT2D eigenvalue weighted by Gasteiger charge is 2.06. The minimum absolute atomic E-state index is 0.497. The molecule has 16 heavy (non-hydrogen) atoms. The van der Waals surface area contributed by atoms with Crippen LogP contribution in [0.5, 0.6) is 0 Å². The largest absolute Gasteiger partial charge is 0.382 e. The topological polar surface area (TPSA) is 68.2 Å². The number of nitrogen functional groups attached to an aromatic ring is 1. The summed E-state index contributed by atoms with van der Waals surface area (Å²) in [6.07, 6.45) is 6.50. The molecule has 0 saturated heterocycles. The summed E-state index contributed by atoms with van der Waals surface area (Å²) >= 11 is 0. The third kappa shape index (κ3) is 2.08. The maximum atomic E-state index is 5.72. The molecule has 1 atom stereocenters. The minimum Gasteiger partial charge on any atom is -0.382 e. The zero-order chi connectivity index (χ0) is 11.5. The Morgan fingerprint density at radius 1 is 1.56 bits per heavy atom. The summed E-state index contributed by atoms with van der Waals surface area (Å²) in [4.78, 5) is 8.51. The molecule has 2 aromatic rings. The van der Waals surface area contributed by atoms with E-state index < -0.39 is 0 Å². The highest BCUT2D eigenvalue weighted by atomic mass is 15.1. The summed E-state index contributed by atoms with van der Waals surface area (Å²) in [6, 6.07) is 0. The van der Waals surface area contributed by atoms with Crippen LogP contribution in [0.4, 0.5) is 11.6 Å². The molecule has 0 aliphatic heterocycles. The van der Waals surface area contributed by atoms with E-state index >= 15 is 0 Å². The predicted octanol–water partition coefficient (Wildman–Crippen LogP) is 1.77. The number of nitrogens with two attached hydrogens (primary N) is 1. The van der Waals surface area contributed by atoms with Crippen LogP contribution in [-0.4, -0.2) is 20.9 Å². The van der Waals surface area contributed by atoms with E-state index in [2.05, 4.69) is 29.1 Å². The van der Waals surface area contributed by atoms with Crippen LogP contribution in [0.2, 0.25) is 0 Å². The van der Waals surface area contributed by atoms with Crippen molar-refractivity contribution in [3.05, 3.63) is 18.6 Å². The predicted molar refractivity (Wildman–Crippen MR) is 65.3 cm³/mol. The van der Waals surface area contributed by atoms with Crippen molar-refractivity contribution in [2.45, 2.75) is 20.3 Å². The lowest BCUT2D eigenvalue weighted by Gasteiger charge is -2.11. The van der Waals surface area contributed by atoms with Crippen molar-refractivity contribution in [2.24, 2.45) is 5.92 Å². The number of fused-ring (bicyclic) bond motifs is 1. The zero-order valence-electron chi connectivity index (χ0n) is 9.64. The van der Waals surface area contributed by atoms with Crippen LogP contribution in [0, 0.1) is 5.92 Å². The Morgan fingerprint density at radius 3 is 3.12 bits per heavy atom. The van der Waals surface area contributed by atoms with E-state index in [0.717, 1.165) is 24.4 Å². The van der Waals surface area contributed by atoms with Crippen LogP contribution in [0.3, 0.4) is 0 Å². The lowest BCUT2D eigenvalue weighted by molar-refractivity contribution is 0.592. The number of hydrogen-bond donors (Lipinski definition) is 2. The first-order valence-electron chi connectivity index (χ1n) is 5.53. The van der Waals surface area contributed by atoms with Crippen LogP contribution >= 0.6 is 0 Å². The van der Waals surface area contributed by atoms with Gasteiger partial charge in [0.1, 0.15) is 5.82 Å². The van der Waals surface area contributed by atoms with Gasteiger partial charge in [-0.05, 0) is 5.92 Å². The van der Waals surface area contributed by atoms with E-state index in [1.807, 2.05) is 10.6 Å². The molecule has 2 heterocycles. The average molecular weight is 219 g/mol. The van der Waals surface area contributed by atoms with Crippen LogP contribution in [-0.2, 0) is 0 Å². The molecule has 0 radical (unpaired) electrons. The quantitative estimate of drug-likeness (QED) is 0.822. The number of nitrogens with one attached hydrogen (secondary N) is 1. The Morgan fingerprint density at radius 2 is 2.38 bits per heavy atom. The maximum Gasteiger partial charge on any atom is 0.180 e. The molecule has 86 valence electrons. The van der Waals surface area contributed by atoms with Crippen molar-refractivity contribution >= 4 is 17.3 Å². The normalized spacial score (nSPS) is 12.9. The van der Waals surface area contributed by atoms with Crippen LogP contribution in [0.1, 0.15) is 20.3 Å². The second kappa shape index (κ2) is 4.38. The van der Waals surface area contributed by atoms with Gasteiger partial charge in [0.25, 0.3) is 0 Å². The fourth-order valence-corrected chi connectivity index (χ4v) is 1.48. The number of anilines is 2. The fourth-order valence-electron chi connectivity index (χ4n) is 1.48. The van der Waals surface area contributed by atoms with Gasteiger partial charge in [-0.1, -0.05) is 20.3 Å². The Labute approximate surface area is 94.7 Å². The number of aromatic nitrogens is 3. The third-order valence-electron chi connectivity index (χ3n) is 2.71. The van der Waals surface area contributed by atoms with Crippen molar-refractivity contribution in [2.75, 3.05) is 17.6 Å². The molecule has 1 unspecified atom stereocenters. The summed E-state index contributed by atoms with van der Waals surface area (Å²) in [6.45, 7) is 5.25. The van der Waals surface area contributed by atoms with Gasteiger partial charge in [0.2, 0.25) is 0 Å². The SMILES string of the molecule is CCC(C)CNc1nc(N)cn2ccnc12. The lowest BCUT2D eigenvalue weighted by atomic mass is 10.1. The van der Waals surface area contributed by atoms with Crippen molar-refractivity contribution in [1.29, 1.82) is 0 Å². The molecular weight excluding hydrogens is 202 g/mol. The van der Waals surface area contributed by atoms with Gasteiger partial charge in [0.05, 0.1) is 6.20 Å². The van der Waals surface area contributed by atoms with Gasteiger partial charge in [0.15, 0.2) is 11.5 Å². The van der Waals surface area contributed by atoms with E-state index in [1.54, 1.807) is 12.4 Å². The number of imidazole rings is 1. The van der Waals surface area contributed by atoms with Gasteiger partial charge in [-0.2, -0.15) is 0 Å². The molecule has 0 aliphatic carbocycles. The number of nitrogens with zero attached hydrogens (tertiary/aromatic N) is 3. The smallest absolute Gasteiger partial charge is 0.180 e. The van der Waals surface area contributed by atoms with E-state index in [1.165, 1.54) is 0 Å². The Balaban J connectivity index is 2.25. The molecule has 0 amide bonds. The van der Waals surface area contributed by atoms with E-state index in [-0.39, 0.29) is 0 Å². The van der Waals surface area contributed by atoms with Gasteiger partial charge in [-0.25, -0.2) is 9.97 Å². The third-order valence-corrected chi connectivity index (χ3v) is 2.71. The highest BCUT2D eigenvalue weighted by molar-refractivity contribution is 5.64. The van der Waals surface area contributed by atoms with E-state index in [0.29, 0.717) is 11.7 Å². The van der Waals surface area contributed by atoms with E-state index in [9.17, 15) is 0 Å². The average Bonchev–Trinajstić information content (AvgIpc) is 2.73. The standard InChI is InChI=1S/C11H17N5/c1-3-8(2)6-14-10-11-13-4-5-16(11)7-9(12)15-10/h4-5,7-8H,3,6,12H2,1-2H3,(H,14,15). The molecule has 0 fully saturated rings. The lowest BCUT2D eigenvalue weighted by Crippen LogP contribution is -2.13. The summed E-state index contributed by atoms with van der Waals surface area (Å²) < 4.78 is 1.88. The molecule has 3 N–H and O–H groups in total. The van der Waals surface area contributed by atoms with Gasteiger partial charge in [-0.15, -0.1) is 0 Å². The van der Waals surface area contributed by atoms with Gasteiger partial charge < -0.3 is 15.5 Å². The summed E-state index contributed by atoms with van der Waals surface area (Å²) in [5.74, 6) is 1.86. The maximum absolute atomic E-state index is 5.72.